The van der Waals surface area contributed by atoms with Crippen LogP contribution < -0.4 is 10.2 Å². The summed E-state index contributed by atoms with van der Waals surface area (Å²) in [4.78, 5) is 20.4. The van der Waals surface area contributed by atoms with Crippen molar-refractivity contribution in [1.29, 1.82) is 0 Å². The smallest absolute Gasteiger partial charge is 0.353 e. The van der Waals surface area contributed by atoms with E-state index in [1.807, 2.05) is 13.8 Å². The van der Waals surface area contributed by atoms with E-state index in [0.717, 1.165) is 0 Å². The van der Waals surface area contributed by atoms with Gasteiger partial charge in [-0.1, -0.05) is 0 Å². The standard InChI is InChI=1S/C11H19N5O3/c1-8(2)15(5-4-6-17)11-9(16(18)19)10(12-3)13-7-14-11/h7-8,17H,4-6H2,1-3H3,(H,12,13,14). The molecule has 0 unspecified atom stereocenters. The molecule has 1 rings (SSSR count). The van der Waals surface area contributed by atoms with Crippen molar-refractivity contribution in [3.8, 4) is 0 Å². The summed E-state index contributed by atoms with van der Waals surface area (Å²) < 4.78 is 0. The average Bonchev–Trinajstić information content (AvgIpc) is 2.38. The lowest BCUT2D eigenvalue weighted by molar-refractivity contribution is -0.383. The van der Waals surface area contributed by atoms with Crippen LogP contribution >= 0.6 is 0 Å². The Kier molecular flexibility index (Phi) is 5.43. The number of nitrogens with one attached hydrogen (secondary N) is 1. The quantitative estimate of drug-likeness (QED) is 0.562. The molecule has 0 aliphatic rings. The maximum Gasteiger partial charge on any atom is 0.353 e. The number of hydrogen-bond donors (Lipinski definition) is 2. The zero-order valence-corrected chi connectivity index (χ0v) is 11.3. The summed E-state index contributed by atoms with van der Waals surface area (Å²) in [6, 6.07) is 0.0323. The SMILES string of the molecule is CNc1ncnc(N(CCCO)C(C)C)c1[N+](=O)[O-]. The van der Waals surface area contributed by atoms with E-state index < -0.39 is 4.92 Å². The van der Waals surface area contributed by atoms with Gasteiger partial charge in [-0.2, -0.15) is 0 Å². The van der Waals surface area contributed by atoms with Crippen LogP contribution in [0, 0.1) is 10.1 Å². The first-order valence-corrected chi connectivity index (χ1v) is 6.07. The minimum absolute atomic E-state index is 0.0288. The van der Waals surface area contributed by atoms with Crippen LogP contribution in [0.15, 0.2) is 6.33 Å². The summed E-state index contributed by atoms with van der Waals surface area (Å²) in [5.41, 5.74) is -0.142. The molecule has 0 aliphatic heterocycles. The zero-order valence-electron chi connectivity index (χ0n) is 11.3. The van der Waals surface area contributed by atoms with Crippen LogP contribution in [0.5, 0.6) is 0 Å². The molecule has 2 N–H and O–H groups in total. The maximum atomic E-state index is 11.2. The highest BCUT2D eigenvalue weighted by Crippen LogP contribution is 2.32. The number of hydrogen-bond acceptors (Lipinski definition) is 7. The first-order chi connectivity index (χ1) is 9.02. The molecule has 0 aliphatic carbocycles. The number of nitro groups is 1. The molecule has 8 heteroatoms. The number of anilines is 2. The van der Waals surface area contributed by atoms with Crippen molar-refractivity contribution in [1.82, 2.24) is 9.97 Å². The molecule has 106 valence electrons. The Morgan fingerprint density at radius 3 is 2.68 bits per heavy atom. The van der Waals surface area contributed by atoms with Crippen molar-refractivity contribution in [2.24, 2.45) is 0 Å². The van der Waals surface area contributed by atoms with Gasteiger partial charge in [-0.25, -0.2) is 9.97 Å². The normalized spacial score (nSPS) is 10.6. The molecule has 0 fully saturated rings. The minimum atomic E-state index is -0.491. The fraction of sp³-hybridized carbons (Fsp3) is 0.636. The van der Waals surface area contributed by atoms with Gasteiger partial charge in [-0.3, -0.25) is 10.1 Å². The third-order valence-corrected chi connectivity index (χ3v) is 2.67. The lowest BCUT2D eigenvalue weighted by Gasteiger charge is -2.27. The van der Waals surface area contributed by atoms with Crippen LogP contribution in [0.2, 0.25) is 0 Å². The monoisotopic (exact) mass is 269 g/mol. The lowest BCUT2D eigenvalue weighted by Crippen LogP contribution is -2.33. The van der Waals surface area contributed by atoms with E-state index in [9.17, 15) is 10.1 Å². The highest BCUT2D eigenvalue weighted by atomic mass is 16.6. The lowest BCUT2D eigenvalue weighted by atomic mass is 10.2. The molecule has 0 amide bonds. The molecular weight excluding hydrogens is 250 g/mol. The maximum absolute atomic E-state index is 11.2. The molecule has 0 bridgehead atoms. The van der Waals surface area contributed by atoms with E-state index in [1.165, 1.54) is 6.33 Å². The van der Waals surface area contributed by atoms with Crippen molar-refractivity contribution in [2.75, 3.05) is 30.4 Å². The Bertz CT molecular complexity index is 438. The fourth-order valence-corrected chi connectivity index (χ4v) is 1.78. The topological polar surface area (TPSA) is 104 Å². The first kappa shape index (κ1) is 15.1. The molecular formula is C11H19N5O3. The van der Waals surface area contributed by atoms with Gasteiger partial charge in [-0.15, -0.1) is 0 Å². The Morgan fingerprint density at radius 2 is 2.21 bits per heavy atom. The molecule has 0 saturated heterocycles. The van der Waals surface area contributed by atoms with Gasteiger partial charge in [0.2, 0.25) is 11.6 Å². The molecule has 0 radical (unpaired) electrons. The molecule has 0 spiro atoms. The summed E-state index contributed by atoms with van der Waals surface area (Å²) in [7, 11) is 1.58. The van der Waals surface area contributed by atoms with E-state index in [4.69, 9.17) is 5.11 Å². The molecule has 1 aromatic heterocycles. The Labute approximate surface area is 111 Å². The second-order valence-corrected chi connectivity index (χ2v) is 4.27. The van der Waals surface area contributed by atoms with Gasteiger partial charge in [-0.05, 0) is 20.3 Å². The van der Waals surface area contributed by atoms with Crippen LogP contribution in [-0.2, 0) is 0 Å². The van der Waals surface area contributed by atoms with Crippen LogP contribution in [0.25, 0.3) is 0 Å². The van der Waals surface area contributed by atoms with Crippen molar-refractivity contribution in [3.05, 3.63) is 16.4 Å². The van der Waals surface area contributed by atoms with Gasteiger partial charge in [0.25, 0.3) is 0 Å². The molecule has 0 aromatic carbocycles. The average molecular weight is 269 g/mol. The summed E-state index contributed by atoms with van der Waals surface area (Å²) in [6.45, 7) is 4.36. The van der Waals surface area contributed by atoms with Gasteiger partial charge >= 0.3 is 5.69 Å². The van der Waals surface area contributed by atoms with Gasteiger partial charge in [0, 0.05) is 26.2 Å². The second kappa shape index (κ2) is 6.83. The van der Waals surface area contributed by atoms with Crippen LogP contribution in [0.4, 0.5) is 17.3 Å². The zero-order chi connectivity index (χ0) is 14.4. The van der Waals surface area contributed by atoms with E-state index >= 15 is 0 Å². The second-order valence-electron chi connectivity index (χ2n) is 4.27. The largest absolute Gasteiger partial charge is 0.396 e. The summed E-state index contributed by atoms with van der Waals surface area (Å²) in [6.07, 6.45) is 1.82. The predicted molar refractivity (Wildman–Crippen MR) is 72.4 cm³/mol. The number of aliphatic hydroxyl groups is 1. The Hall–Kier alpha value is -1.96. The predicted octanol–water partition coefficient (Wildman–Crippen LogP) is 1.02. The van der Waals surface area contributed by atoms with Gasteiger partial charge < -0.3 is 15.3 Å². The molecule has 1 heterocycles. The van der Waals surface area contributed by atoms with Gasteiger partial charge in [0.1, 0.15) is 6.33 Å². The number of rotatable bonds is 7. The van der Waals surface area contributed by atoms with E-state index in [-0.39, 0.29) is 30.0 Å². The molecule has 0 atom stereocenters. The number of nitrogens with zero attached hydrogens (tertiary/aromatic N) is 4. The van der Waals surface area contributed by atoms with Crippen molar-refractivity contribution in [2.45, 2.75) is 26.3 Å². The number of aromatic nitrogens is 2. The summed E-state index contributed by atoms with van der Waals surface area (Å²) >= 11 is 0. The fourth-order valence-electron chi connectivity index (χ4n) is 1.78. The highest BCUT2D eigenvalue weighted by Gasteiger charge is 2.27. The Morgan fingerprint density at radius 1 is 1.53 bits per heavy atom. The number of aliphatic hydroxyl groups excluding tert-OH is 1. The highest BCUT2D eigenvalue weighted by molar-refractivity contribution is 5.70. The van der Waals surface area contributed by atoms with Crippen molar-refractivity contribution < 1.29 is 10.0 Å². The molecule has 0 saturated carbocycles. The third-order valence-electron chi connectivity index (χ3n) is 2.67. The summed E-state index contributed by atoms with van der Waals surface area (Å²) in [5, 5.41) is 22.8. The van der Waals surface area contributed by atoms with Crippen LogP contribution in [0.1, 0.15) is 20.3 Å². The van der Waals surface area contributed by atoms with E-state index in [2.05, 4.69) is 15.3 Å². The Balaban J connectivity index is 3.25. The van der Waals surface area contributed by atoms with Crippen LogP contribution in [0.3, 0.4) is 0 Å². The van der Waals surface area contributed by atoms with E-state index in [0.29, 0.717) is 13.0 Å². The minimum Gasteiger partial charge on any atom is -0.396 e. The third kappa shape index (κ3) is 3.50. The first-order valence-electron chi connectivity index (χ1n) is 6.07. The van der Waals surface area contributed by atoms with Gasteiger partial charge in [0.05, 0.1) is 4.92 Å². The van der Waals surface area contributed by atoms with Gasteiger partial charge in [0.15, 0.2) is 0 Å². The van der Waals surface area contributed by atoms with Crippen molar-refractivity contribution >= 4 is 17.3 Å². The summed E-state index contributed by atoms with van der Waals surface area (Å²) in [5.74, 6) is 0.456. The van der Waals surface area contributed by atoms with Crippen molar-refractivity contribution in [3.63, 3.8) is 0 Å². The van der Waals surface area contributed by atoms with E-state index in [1.54, 1.807) is 11.9 Å². The molecule has 8 nitrogen and oxygen atoms in total. The van der Waals surface area contributed by atoms with Crippen LogP contribution in [-0.4, -0.2) is 46.2 Å². The molecule has 1 aromatic rings. The molecule has 19 heavy (non-hydrogen) atoms.